The number of hydrogen-bond acceptors (Lipinski definition) is 3. The Morgan fingerprint density at radius 3 is 1.35 bits per heavy atom. The summed E-state index contributed by atoms with van der Waals surface area (Å²) in [5.41, 5.74) is 9.90. The number of rotatable bonds is 4. The van der Waals surface area contributed by atoms with Crippen molar-refractivity contribution in [3.05, 3.63) is 157 Å². The molecule has 2 aromatic heterocycles. The van der Waals surface area contributed by atoms with E-state index in [1.54, 1.807) is 0 Å². The Hall–Kier alpha value is -5.53. The molecule has 7 aromatic carbocycles. The van der Waals surface area contributed by atoms with Crippen LogP contribution >= 0.6 is 22.7 Å². The van der Waals surface area contributed by atoms with Crippen molar-refractivity contribution in [1.29, 1.82) is 5.26 Å². The van der Waals surface area contributed by atoms with Gasteiger partial charge in [0.1, 0.15) is 0 Å². The third kappa shape index (κ3) is 4.43. The maximum absolute atomic E-state index is 9.95. The van der Waals surface area contributed by atoms with Gasteiger partial charge >= 0.3 is 0 Å². The van der Waals surface area contributed by atoms with Gasteiger partial charge in [-0.25, -0.2) is 0 Å². The second-order valence-electron chi connectivity index (χ2n) is 11.6. The summed E-state index contributed by atoms with van der Waals surface area (Å²) in [4.78, 5) is 0. The van der Waals surface area contributed by atoms with E-state index in [4.69, 9.17) is 0 Å². The first-order valence-electron chi connectivity index (χ1n) is 15.3. The molecule has 0 fully saturated rings. The maximum atomic E-state index is 9.95. The van der Waals surface area contributed by atoms with Gasteiger partial charge < -0.3 is 0 Å². The molecule has 0 bridgehead atoms. The van der Waals surface area contributed by atoms with E-state index in [-0.39, 0.29) is 0 Å². The molecule has 0 saturated heterocycles. The summed E-state index contributed by atoms with van der Waals surface area (Å²) in [7, 11) is 0. The lowest BCUT2D eigenvalue weighted by atomic mass is 9.94. The smallest absolute Gasteiger partial charge is 0.0992 e. The Morgan fingerprint density at radius 2 is 0.804 bits per heavy atom. The van der Waals surface area contributed by atoms with Gasteiger partial charge in [0.15, 0.2) is 0 Å². The molecule has 0 N–H and O–H groups in total. The summed E-state index contributed by atoms with van der Waals surface area (Å²) in [5.74, 6) is 0. The van der Waals surface area contributed by atoms with Crippen molar-refractivity contribution in [2.45, 2.75) is 0 Å². The first-order chi connectivity index (χ1) is 22.7. The molecule has 9 aromatic rings. The van der Waals surface area contributed by atoms with Gasteiger partial charge in [-0.1, -0.05) is 121 Å². The second kappa shape index (κ2) is 10.8. The Bertz CT molecular complexity index is 2630. The zero-order valence-electron chi connectivity index (χ0n) is 24.7. The highest BCUT2D eigenvalue weighted by molar-refractivity contribution is 7.26. The highest BCUT2D eigenvalue weighted by atomic mass is 32.1. The average Bonchev–Trinajstić information content (AvgIpc) is 3.70. The summed E-state index contributed by atoms with van der Waals surface area (Å²) < 4.78 is 5.20. The average molecular weight is 620 g/mol. The van der Waals surface area contributed by atoms with Crippen molar-refractivity contribution in [2.75, 3.05) is 0 Å². The molecular formula is C43H25NS2. The molecule has 0 aliphatic carbocycles. The van der Waals surface area contributed by atoms with Crippen molar-refractivity contribution >= 4 is 63.0 Å². The lowest BCUT2D eigenvalue weighted by molar-refractivity contribution is 1.48. The fraction of sp³-hybridized carbons (Fsp3) is 0. The van der Waals surface area contributed by atoms with Crippen LogP contribution in [0.3, 0.4) is 0 Å². The molecule has 9 rings (SSSR count). The van der Waals surface area contributed by atoms with Gasteiger partial charge in [-0.15, -0.1) is 22.7 Å². The Labute approximate surface area is 274 Å². The molecule has 3 heteroatoms. The van der Waals surface area contributed by atoms with Crippen LogP contribution in [-0.4, -0.2) is 0 Å². The molecular weight excluding hydrogens is 595 g/mol. The summed E-state index contributed by atoms with van der Waals surface area (Å²) in [6, 6.07) is 56.6. The highest BCUT2D eigenvalue weighted by Gasteiger charge is 2.13. The van der Waals surface area contributed by atoms with Crippen LogP contribution in [0.15, 0.2) is 152 Å². The van der Waals surface area contributed by atoms with E-state index in [0.29, 0.717) is 5.56 Å². The van der Waals surface area contributed by atoms with Gasteiger partial charge in [0.25, 0.3) is 0 Å². The van der Waals surface area contributed by atoms with E-state index >= 15 is 0 Å². The van der Waals surface area contributed by atoms with Gasteiger partial charge in [0, 0.05) is 40.3 Å². The molecule has 0 aliphatic heterocycles. The van der Waals surface area contributed by atoms with Gasteiger partial charge in [-0.2, -0.15) is 5.26 Å². The third-order valence-corrected chi connectivity index (χ3v) is 11.4. The normalized spacial score (nSPS) is 11.5. The fourth-order valence-corrected chi connectivity index (χ4v) is 9.14. The monoisotopic (exact) mass is 619 g/mol. The molecule has 0 aliphatic rings. The SMILES string of the molecule is N#Cc1cc(-c2ccc(-c3ccc(-c4cccc5c4sc4ccccc45)cc3)cc2)cc(-c2cccc3c2sc2ccccc23)c1. The van der Waals surface area contributed by atoms with E-state index in [1.807, 2.05) is 34.8 Å². The lowest BCUT2D eigenvalue weighted by Crippen LogP contribution is -1.86. The summed E-state index contributed by atoms with van der Waals surface area (Å²) in [5, 5.41) is 15.1. The van der Waals surface area contributed by atoms with E-state index in [1.165, 1.54) is 68.2 Å². The van der Waals surface area contributed by atoms with Crippen molar-refractivity contribution < 1.29 is 0 Å². The minimum Gasteiger partial charge on any atom is -0.192 e. The van der Waals surface area contributed by atoms with Crippen molar-refractivity contribution in [3.8, 4) is 50.6 Å². The van der Waals surface area contributed by atoms with Crippen LogP contribution in [0.5, 0.6) is 0 Å². The first kappa shape index (κ1) is 26.8. The molecule has 0 spiro atoms. The minimum atomic E-state index is 0.666. The van der Waals surface area contributed by atoms with Gasteiger partial charge in [-0.05, 0) is 74.8 Å². The van der Waals surface area contributed by atoms with E-state index in [0.717, 1.165) is 16.7 Å². The van der Waals surface area contributed by atoms with Crippen LogP contribution in [0.4, 0.5) is 0 Å². The van der Waals surface area contributed by atoms with E-state index in [9.17, 15) is 5.26 Å². The number of benzene rings is 7. The van der Waals surface area contributed by atoms with Crippen molar-refractivity contribution in [2.24, 2.45) is 0 Å². The molecule has 0 radical (unpaired) electrons. The van der Waals surface area contributed by atoms with E-state index < -0.39 is 0 Å². The minimum absolute atomic E-state index is 0.666. The molecule has 1 nitrogen and oxygen atoms in total. The number of hydrogen-bond donors (Lipinski definition) is 0. The standard InChI is InChI=1S/C43H25NS2/c44-26-27-23-32(25-33(24-27)35-10-6-12-39-37-8-2-4-14-41(37)46-43(35)39)30-17-15-28(16-18-30)29-19-21-31(22-20-29)34-9-5-11-38-36-7-1-3-13-40(36)45-42(34)38/h1-25H. The fourth-order valence-electron chi connectivity index (χ4n) is 6.66. The number of fused-ring (bicyclic) bond motifs is 6. The summed E-state index contributed by atoms with van der Waals surface area (Å²) in [6.45, 7) is 0. The summed E-state index contributed by atoms with van der Waals surface area (Å²) >= 11 is 3.68. The predicted octanol–water partition coefficient (Wildman–Crippen LogP) is 13.0. The quantitative estimate of drug-likeness (QED) is 0.192. The van der Waals surface area contributed by atoms with Crippen LogP contribution < -0.4 is 0 Å². The number of nitrogens with zero attached hydrogens (tertiary/aromatic N) is 1. The van der Waals surface area contributed by atoms with E-state index in [2.05, 4.69) is 146 Å². The number of thiophene rings is 2. The van der Waals surface area contributed by atoms with Crippen LogP contribution in [0, 0.1) is 11.3 Å². The van der Waals surface area contributed by atoms with Crippen LogP contribution in [0.1, 0.15) is 5.56 Å². The van der Waals surface area contributed by atoms with Crippen LogP contribution in [0.2, 0.25) is 0 Å². The largest absolute Gasteiger partial charge is 0.192 e. The highest BCUT2D eigenvalue weighted by Crippen LogP contribution is 2.42. The Morgan fingerprint density at radius 1 is 0.370 bits per heavy atom. The molecule has 0 saturated carbocycles. The molecule has 46 heavy (non-hydrogen) atoms. The third-order valence-electron chi connectivity index (χ3n) is 8.93. The second-order valence-corrected chi connectivity index (χ2v) is 13.7. The van der Waals surface area contributed by atoms with Crippen LogP contribution in [0.25, 0.3) is 84.9 Å². The zero-order chi connectivity index (χ0) is 30.6. The molecule has 0 unspecified atom stereocenters. The Kier molecular flexibility index (Phi) is 6.31. The first-order valence-corrected chi connectivity index (χ1v) is 16.9. The topological polar surface area (TPSA) is 23.8 Å². The van der Waals surface area contributed by atoms with Crippen molar-refractivity contribution in [3.63, 3.8) is 0 Å². The maximum Gasteiger partial charge on any atom is 0.0992 e. The van der Waals surface area contributed by atoms with Crippen LogP contribution in [-0.2, 0) is 0 Å². The van der Waals surface area contributed by atoms with Gasteiger partial charge in [0.2, 0.25) is 0 Å². The van der Waals surface area contributed by atoms with Crippen molar-refractivity contribution in [1.82, 2.24) is 0 Å². The predicted molar refractivity (Wildman–Crippen MR) is 199 cm³/mol. The Balaban J connectivity index is 1.05. The number of nitriles is 1. The zero-order valence-corrected chi connectivity index (χ0v) is 26.3. The summed E-state index contributed by atoms with van der Waals surface area (Å²) in [6.07, 6.45) is 0. The molecule has 0 amide bonds. The van der Waals surface area contributed by atoms with Gasteiger partial charge in [0.05, 0.1) is 11.6 Å². The molecule has 2 heterocycles. The molecule has 214 valence electrons. The lowest BCUT2D eigenvalue weighted by Gasteiger charge is -2.10. The molecule has 0 atom stereocenters. The van der Waals surface area contributed by atoms with Gasteiger partial charge in [-0.3, -0.25) is 0 Å².